The van der Waals surface area contributed by atoms with Gasteiger partial charge in [0.15, 0.2) is 0 Å². The fraction of sp³-hybridized carbons (Fsp3) is 0.750. The molecule has 0 aliphatic heterocycles. The van der Waals surface area contributed by atoms with Crippen molar-refractivity contribution >= 4 is 23.5 Å². The van der Waals surface area contributed by atoms with Crippen molar-refractivity contribution in [2.75, 3.05) is 12.4 Å². The van der Waals surface area contributed by atoms with Gasteiger partial charge >= 0.3 is 0 Å². The summed E-state index contributed by atoms with van der Waals surface area (Å²) in [7, 11) is 0. The molecule has 13 heavy (non-hydrogen) atoms. The molecule has 1 atom stereocenters. The molecule has 0 heterocycles. The lowest BCUT2D eigenvalue weighted by Gasteiger charge is -2.06. The van der Waals surface area contributed by atoms with Gasteiger partial charge in [-0.1, -0.05) is 0 Å². The molecule has 0 saturated heterocycles. The fourth-order valence-electron chi connectivity index (χ4n) is 1.28. The normalized spacial score (nSPS) is 21.9. The van der Waals surface area contributed by atoms with E-state index in [9.17, 15) is 9.59 Å². The maximum absolute atomic E-state index is 11.0. The lowest BCUT2D eigenvalue weighted by atomic mass is 10.4. The van der Waals surface area contributed by atoms with Crippen molar-refractivity contribution in [3.63, 3.8) is 0 Å². The number of nitrogens with two attached hydrogens (primary N) is 1. The first-order valence-corrected chi connectivity index (χ1v) is 5.37. The van der Waals surface area contributed by atoms with E-state index < -0.39 is 0 Å². The Morgan fingerprint density at radius 2 is 2.46 bits per heavy atom. The number of rotatable bonds is 4. The Bertz CT molecular complexity index is 208. The molecular weight excluding hydrogens is 188 g/mol. The Balaban J connectivity index is 2.12. The van der Waals surface area contributed by atoms with Crippen LogP contribution in [-0.2, 0) is 9.59 Å². The van der Waals surface area contributed by atoms with Gasteiger partial charge in [0.2, 0.25) is 5.91 Å². The Kier molecular flexibility index (Phi) is 4.24. The largest absolute Gasteiger partial charge is 0.343 e. The van der Waals surface area contributed by atoms with Gasteiger partial charge in [-0.05, 0) is 6.42 Å². The van der Waals surface area contributed by atoms with E-state index in [-0.39, 0.29) is 12.6 Å². The topological polar surface area (TPSA) is 72.2 Å². The lowest BCUT2D eigenvalue weighted by molar-refractivity contribution is -0.119. The van der Waals surface area contributed by atoms with Crippen LogP contribution < -0.4 is 11.1 Å². The quantitative estimate of drug-likeness (QED) is 0.623. The number of carbonyl (C=O) groups excluding carboxylic acids is 2. The second-order valence-corrected chi connectivity index (χ2v) is 4.31. The van der Waals surface area contributed by atoms with Crippen LogP contribution in [0.2, 0.25) is 0 Å². The Hall–Kier alpha value is -0.550. The van der Waals surface area contributed by atoms with Gasteiger partial charge in [-0.15, -0.1) is 11.8 Å². The van der Waals surface area contributed by atoms with Crippen LogP contribution in [0.4, 0.5) is 0 Å². The number of ketones is 1. The number of Topliss-reactive ketones (excluding diaryl/α,β-unsaturated/α-hetero) is 1. The minimum absolute atomic E-state index is 0.0492. The van der Waals surface area contributed by atoms with E-state index in [4.69, 9.17) is 5.73 Å². The van der Waals surface area contributed by atoms with Crippen molar-refractivity contribution < 1.29 is 9.59 Å². The predicted octanol–water partition coefficient (Wildman–Crippen LogP) is -0.126. The molecule has 0 bridgehead atoms. The molecule has 0 aromatic carbocycles. The van der Waals surface area contributed by atoms with Crippen LogP contribution in [0.25, 0.3) is 0 Å². The Labute approximate surface area is 81.6 Å². The van der Waals surface area contributed by atoms with E-state index in [1.54, 1.807) is 11.8 Å². The SMILES string of the molecule is NCNC(=O)CSC1CCC(=O)C1. The van der Waals surface area contributed by atoms with Gasteiger partial charge in [0, 0.05) is 18.1 Å². The molecule has 0 aromatic heterocycles. The molecule has 0 spiro atoms. The van der Waals surface area contributed by atoms with Crippen molar-refractivity contribution in [1.82, 2.24) is 5.32 Å². The number of nitrogens with one attached hydrogen (secondary N) is 1. The molecule has 1 rings (SSSR count). The van der Waals surface area contributed by atoms with Crippen LogP contribution >= 0.6 is 11.8 Å². The molecule has 1 fully saturated rings. The van der Waals surface area contributed by atoms with Crippen LogP contribution in [-0.4, -0.2) is 29.4 Å². The minimum atomic E-state index is -0.0492. The maximum atomic E-state index is 11.0. The summed E-state index contributed by atoms with van der Waals surface area (Å²) in [5.74, 6) is 0.679. The van der Waals surface area contributed by atoms with Crippen LogP contribution in [0.5, 0.6) is 0 Å². The standard InChI is InChI=1S/C8H14N2O2S/c9-5-10-8(12)4-13-7-2-1-6(11)3-7/h7H,1-5,9H2,(H,10,12). The van der Waals surface area contributed by atoms with Gasteiger partial charge in [0.05, 0.1) is 12.4 Å². The molecule has 5 heteroatoms. The highest BCUT2D eigenvalue weighted by atomic mass is 32.2. The minimum Gasteiger partial charge on any atom is -0.343 e. The summed E-state index contributed by atoms with van der Waals surface area (Å²) in [6, 6.07) is 0. The Morgan fingerprint density at radius 3 is 3.00 bits per heavy atom. The predicted molar refractivity (Wildman–Crippen MR) is 52.3 cm³/mol. The van der Waals surface area contributed by atoms with E-state index in [0.29, 0.717) is 29.6 Å². The third kappa shape index (κ3) is 3.78. The molecule has 1 amide bonds. The summed E-state index contributed by atoms with van der Waals surface area (Å²) < 4.78 is 0. The summed E-state index contributed by atoms with van der Waals surface area (Å²) >= 11 is 1.55. The second kappa shape index (κ2) is 5.24. The van der Waals surface area contributed by atoms with Gasteiger partial charge in [0.25, 0.3) is 0 Å². The summed E-state index contributed by atoms with van der Waals surface area (Å²) in [6.07, 6.45) is 2.22. The average Bonchev–Trinajstić information content (AvgIpc) is 2.49. The second-order valence-electron chi connectivity index (χ2n) is 3.02. The molecule has 0 aromatic rings. The van der Waals surface area contributed by atoms with Crippen LogP contribution in [0, 0.1) is 0 Å². The van der Waals surface area contributed by atoms with Gasteiger partial charge in [-0.25, -0.2) is 0 Å². The van der Waals surface area contributed by atoms with Gasteiger partial charge < -0.3 is 11.1 Å². The molecular formula is C8H14N2O2S. The van der Waals surface area contributed by atoms with Crippen molar-refractivity contribution in [3.8, 4) is 0 Å². The molecule has 74 valence electrons. The summed E-state index contributed by atoms with van der Waals surface area (Å²) in [5.41, 5.74) is 5.14. The Morgan fingerprint density at radius 1 is 1.69 bits per heavy atom. The van der Waals surface area contributed by atoms with Crippen LogP contribution in [0.1, 0.15) is 19.3 Å². The third-order valence-electron chi connectivity index (χ3n) is 1.95. The first-order chi connectivity index (χ1) is 6.22. The molecule has 1 aliphatic rings. The number of hydrogen-bond acceptors (Lipinski definition) is 4. The van der Waals surface area contributed by atoms with Gasteiger partial charge in [-0.3, -0.25) is 9.59 Å². The monoisotopic (exact) mass is 202 g/mol. The highest BCUT2D eigenvalue weighted by Crippen LogP contribution is 2.26. The zero-order valence-corrected chi connectivity index (χ0v) is 8.23. The van der Waals surface area contributed by atoms with Crippen molar-refractivity contribution in [1.29, 1.82) is 0 Å². The van der Waals surface area contributed by atoms with Crippen molar-refractivity contribution in [3.05, 3.63) is 0 Å². The van der Waals surface area contributed by atoms with E-state index in [1.807, 2.05) is 0 Å². The van der Waals surface area contributed by atoms with Gasteiger partial charge in [-0.2, -0.15) is 0 Å². The number of amides is 1. The molecule has 1 aliphatic carbocycles. The first kappa shape index (κ1) is 10.5. The van der Waals surface area contributed by atoms with Crippen molar-refractivity contribution in [2.45, 2.75) is 24.5 Å². The van der Waals surface area contributed by atoms with E-state index in [0.717, 1.165) is 6.42 Å². The molecule has 4 nitrogen and oxygen atoms in total. The molecule has 1 saturated carbocycles. The van der Waals surface area contributed by atoms with E-state index in [2.05, 4.69) is 5.32 Å². The average molecular weight is 202 g/mol. The smallest absolute Gasteiger partial charge is 0.230 e. The number of carbonyl (C=O) groups is 2. The third-order valence-corrected chi connectivity index (χ3v) is 3.25. The van der Waals surface area contributed by atoms with Crippen molar-refractivity contribution in [2.24, 2.45) is 5.73 Å². The van der Waals surface area contributed by atoms with Crippen LogP contribution in [0.3, 0.4) is 0 Å². The molecule has 0 radical (unpaired) electrons. The summed E-state index contributed by atoms with van der Waals surface area (Å²) in [6.45, 7) is 0.184. The fourth-order valence-corrected chi connectivity index (χ4v) is 2.36. The highest BCUT2D eigenvalue weighted by molar-refractivity contribution is 8.00. The zero-order valence-electron chi connectivity index (χ0n) is 7.41. The van der Waals surface area contributed by atoms with E-state index in [1.165, 1.54) is 0 Å². The maximum Gasteiger partial charge on any atom is 0.230 e. The lowest BCUT2D eigenvalue weighted by Crippen LogP contribution is -2.31. The molecule has 1 unspecified atom stereocenters. The number of thioether (sulfide) groups is 1. The van der Waals surface area contributed by atoms with E-state index >= 15 is 0 Å². The summed E-state index contributed by atoms with van der Waals surface area (Å²) in [5, 5.41) is 2.86. The van der Waals surface area contributed by atoms with Gasteiger partial charge in [0.1, 0.15) is 5.78 Å². The number of hydrogen-bond donors (Lipinski definition) is 2. The van der Waals surface area contributed by atoms with Crippen LogP contribution in [0.15, 0.2) is 0 Å². The zero-order chi connectivity index (χ0) is 9.68. The molecule has 3 N–H and O–H groups in total. The first-order valence-electron chi connectivity index (χ1n) is 4.32. The highest BCUT2D eigenvalue weighted by Gasteiger charge is 2.22. The summed E-state index contributed by atoms with van der Waals surface area (Å²) in [4.78, 5) is 21.9.